The minimum absolute atomic E-state index is 0.131. The van der Waals surface area contributed by atoms with Crippen LogP contribution in [0.5, 0.6) is 0 Å². The third-order valence-electron chi connectivity index (χ3n) is 4.35. The molecule has 0 spiro atoms. The summed E-state index contributed by atoms with van der Waals surface area (Å²) in [6, 6.07) is 6.24. The molecule has 1 aromatic heterocycles. The summed E-state index contributed by atoms with van der Waals surface area (Å²) in [6.45, 7) is 8.40. The van der Waals surface area contributed by atoms with Gasteiger partial charge in [-0.15, -0.1) is 0 Å². The summed E-state index contributed by atoms with van der Waals surface area (Å²) in [5, 5.41) is 7.09. The maximum absolute atomic E-state index is 12.9. The molecule has 0 unspecified atom stereocenters. The molecule has 0 saturated carbocycles. The zero-order valence-electron chi connectivity index (χ0n) is 15.5. The average Bonchev–Trinajstić information content (AvgIpc) is 2.98. The Labute approximate surface area is 154 Å². The van der Waals surface area contributed by atoms with E-state index in [4.69, 9.17) is 0 Å². The molecule has 1 aliphatic heterocycles. The van der Waals surface area contributed by atoms with Crippen molar-refractivity contribution in [3.63, 3.8) is 0 Å². The molecule has 1 amide bonds. The third-order valence-corrected chi connectivity index (χ3v) is 6.21. The van der Waals surface area contributed by atoms with Crippen molar-refractivity contribution in [1.29, 1.82) is 0 Å². The van der Waals surface area contributed by atoms with Crippen molar-refractivity contribution in [2.75, 3.05) is 11.9 Å². The van der Waals surface area contributed by atoms with Crippen LogP contribution >= 0.6 is 0 Å². The third kappa shape index (κ3) is 3.52. The smallest absolute Gasteiger partial charge is 0.243 e. The normalized spacial score (nSPS) is 15.5. The number of aromatic nitrogens is 2. The first kappa shape index (κ1) is 18.6. The predicted molar refractivity (Wildman–Crippen MR) is 99.3 cm³/mol. The second kappa shape index (κ2) is 6.51. The maximum atomic E-state index is 12.9. The van der Waals surface area contributed by atoms with Crippen LogP contribution in [0.1, 0.15) is 39.0 Å². The minimum atomic E-state index is -3.59. The molecular weight excluding hydrogens is 352 g/mol. The number of nitrogens with zero attached hydrogens (tertiary/aromatic N) is 3. The van der Waals surface area contributed by atoms with Crippen molar-refractivity contribution < 1.29 is 13.2 Å². The van der Waals surface area contributed by atoms with E-state index in [0.29, 0.717) is 25.2 Å². The van der Waals surface area contributed by atoms with E-state index >= 15 is 0 Å². The molecular formula is C18H24N4O3S. The Balaban J connectivity index is 1.83. The van der Waals surface area contributed by atoms with E-state index in [-0.39, 0.29) is 16.3 Å². The summed E-state index contributed by atoms with van der Waals surface area (Å²) in [6.07, 6.45) is 2.40. The number of hydrogen-bond acceptors (Lipinski definition) is 4. The minimum Gasteiger partial charge on any atom is -0.326 e. The molecule has 8 heteroatoms. The number of benzene rings is 1. The number of sulfonamides is 1. The number of carbonyl (C=O) groups excluding carboxylic acids is 1. The summed E-state index contributed by atoms with van der Waals surface area (Å²) in [7, 11) is -3.59. The fourth-order valence-corrected chi connectivity index (χ4v) is 4.57. The van der Waals surface area contributed by atoms with Crippen molar-refractivity contribution in [3.05, 3.63) is 41.7 Å². The van der Waals surface area contributed by atoms with Crippen LogP contribution in [0, 0.1) is 0 Å². The number of anilines is 1. The highest BCUT2D eigenvalue weighted by molar-refractivity contribution is 7.89. The summed E-state index contributed by atoms with van der Waals surface area (Å²) in [5.74, 6) is -0.194. The maximum Gasteiger partial charge on any atom is 0.243 e. The molecule has 0 radical (unpaired) electrons. The summed E-state index contributed by atoms with van der Waals surface area (Å²) >= 11 is 0. The fraction of sp³-hybridized carbons (Fsp3) is 0.444. The van der Waals surface area contributed by atoms with Gasteiger partial charge in [-0.2, -0.15) is 9.40 Å². The van der Waals surface area contributed by atoms with E-state index in [2.05, 4.69) is 31.2 Å². The number of carbonyl (C=O) groups is 1. The molecule has 1 aromatic carbocycles. The van der Waals surface area contributed by atoms with Crippen LogP contribution in [0.4, 0.5) is 5.69 Å². The number of rotatable bonds is 3. The fourth-order valence-electron chi connectivity index (χ4n) is 3.15. The molecule has 0 aliphatic carbocycles. The monoisotopic (exact) mass is 376 g/mol. The number of fused-ring (bicyclic) bond motifs is 1. The Kier molecular flexibility index (Phi) is 4.66. The molecule has 1 aliphatic rings. The van der Waals surface area contributed by atoms with Crippen LogP contribution in [0.15, 0.2) is 35.4 Å². The Morgan fingerprint density at radius 3 is 2.42 bits per heavy atom. The van der Waals surface area contributed by atoms with Gasteiger partial charge in [-0.05, 0) is 45.0 Å². The number of amides is 1. The van der Waals surface area contributed by atoms with Crippen LogP contribution in [0.25, 0.3) is 0 Å². The first-order valence-electron chi connectivity index (χ1n) is 8.53. The largest absolute Gasteiger partial charge is 0.326 e. The van der Waals surface area contributed by atoms with Gasteiger partial charge >= 0.3 is 0 Å². The van der Waals surface area contributed by atoms with Gasteiger partial charge in [-0.1, -0.05) is 0 Å². The quantitative estimate of drug-likeness (QED) is 0.891. The first-order valence-corrected chi connectivity index (χ1v) is 9.97. The zero-order valence-corrected chi connectivity index (χ0v) is 16.3. The summed E-state index contributed by atoms with van der Waals surface area (Å²) in [4.78, 5) is 11.3. The molecule has 0 atom stereocenters. The van der Waals surface area contributed by atoms with E-state index in [1.165, 1.54) is 23.4 Å². The van der Waals surface area contributed by atoms with Crippen molar-refractivity contribution in [1.82, 2.24) is 14.1 Å². The highest BCUT2D eigenvalue weighted by Crippen LogP contribution is 2.28. The molecule has 7 nitrogen and oxygen atoms in total. The average molecular weight is 376 g/mol. The zero-order chi connectivity index (χ0) is 19.1. The molecule has 140 valence electrons. The number of nitrogens with one attached hydrogen (secondary N) is 1. The van der Waals surface area contributed by atoms with Crippen molar-refractivity contribution in [2.45, 2.75) is 51.1 Å². The van der Waals surface area contributed by atoms with Gasteiger partial charge in [0.25, 0.3) is 0 Å². The standard InChI is InChI=1S/C18H24N4O3S/c1-13(23)20-15-5-7-16(8-6-15)26(24,25)21-10-9-17-14(12-21)11-19-22(17)18(2,3)4/h5-8,11H,9-10,12H2,1-4H3,(H,20,23). The Morgan fingerprint density at radius 1 is 1.19 bits per heavy atom. The second-order valence-corrected chi connectivity index (χ2v) is 9.43. The molecule has 1 N–H and O–H groups in total. The van der Waals surface area contributed by atoms with Gasteiger partial charge in [-0.25, -0.2) is 8.42 Å². The van der Waals surface area contributed by atoms with Crippen LogP contribution in [-0.4, -0.2) is 35.0 Å². The van der Waals surface area contributed by atoms with Gasteiger partial charge in [0.2, 0.25) is 15.9 Å². The van der Waals surface area contributed by atoms with Crippen LogP contribution in [0.3, 0.4) is 0 Å². The van der Waals surface area contributed by atoms with E-state index in [1.807, 2.05) is 4.68 Å². The van der Waals surface area contributed by atoms with Gasteiger partial charge < -0.3 is 5.32 Å². The Bertz CT molecular complexity index is 924. The topological polar surface area (TPSA) is 84.3 Å². The van der Waals surface area contributed by atoms with Crippen LogP contribution < -0.4 is 5.32 Å². The number of hydrogen-bond donors (Lipinski definition) is 1. The Hall–Kier alpha value is -2.19. The lowest BCUT2D eigenvalue weighted by atomic mass is 10.1. The van der Waals surface area contributed by atoms with Gasteiger partial charge in [0, 0.05) is 43.4 Å². The predicted octanol–water partition coefficient (Wildman–Crippen LogP) is 2.34. The molecule has 26 heavy (non-hydrogen) atoms. The second-order valence-electron chi connectivity index (χ2n) is 7.49. The van der Waals surface area contributed by atoms with Crippen molar-refractivity contribution in [2.24, 2.45) is 0 Å². The summed E-state index contributed by atoms with van der Waals surface area (Å²) < 4.78 is 29.4. The SMILES string of the molecule is CC(=O)Nc1ccc(S(=O)(=O)N2CCc3c(cnn3C(C)(C)C)C2)cc1. The van der Waals surface area contributed by atoms with Crippen LogP contribution in [0.2, 0.25) is 0 Å². The van der Waals surface area contributed by atoms with E-state index < -0.39 is 10.0 Å². The van der Waals surface area contributed by atoms with E-state index in [9.17, 15) is 13.2 Å². The lowest BCUT2D eigenvalue weighted by Crippen LogP contribution is -2.37. The molecule has 3 rings (SSSR count). The lowest BCUT2D eigenvalue weighted by Gasteiger charge is -2.29. The van der Waals surface area contributed by atoms with Gasteiger partial charge in [0.15, 0.2) is 0 Å². The highest BCUT2D eigenvalue weighted by Gasteiger charge is 2.32. The molecule has 2 aromatic rings. The molecule has 0 fully saturated rings. The van der Waals surface area contributed by atoms with Gasteiger partial charge in [0.1, 0.15) is 0 Å². The first-order chi connectivity index (χ1) is 12.1. The molecule has 0 saturated heterocycles. The van der Waals surface area contributed by atoms with Gasteiger partial charge in [-0.3, -0.25) is 9.48 Å². The van der Waals surface area contributed by atoms with E-state index in [1.54, 1.807) is 18.3 Å². The van der Waals surface area contributed by atoms with Crippen LogP contribution in [-0.2, 0) is 33.3 Å². The van der Waals surface area contributed by atoms with Crippen molar-refractivity contribution in [3.8, 4) is 0 Å². The van der Waals surface area contributed by atoms with E-state index in [0.717, 1.165) is 11.3 Å². The van der Waals surface area contributed by atoms with Crippen molar-refractivity contribution >= 4 is 21.6 Å². The Morgan fingerprint density at radius 2 is 1.85 bits per heavy atom. The molecule has 2 heterocycles. The summed E-state index contributed by atoms with van der Waals surface area (Å²) in [5.41, 5.74) is 2.49. The molecule has 0 bridgehead atoms. The van der Waals surface area contributed by atoms with Gasteiger partial charge in [0.05, 0.1) is 16.6 Å². The lowest BCUT2D eigenvalue weighted by molar-refractivity contribution is -0.114. The highest BCUT2D eigenvalue weighted by atomic mass is 32.2.